The number of carbonyl (C=O) groups is 2. The van der Waals surface area contributed by atoms with Gasteiger partial charge in [0.05, 0.1) is 0 Å². The fourth-order valence-electron chi connectivity index (χ4n) is 3.14. The van der Waals surface area contributed by atoms with E-state index in [0.717, 1.165) is 51.5 Å². The number of hydrogen-bond donors (Lipinski definition) is 2. The van der Waals surface area contributed by atoms with Crippen molar-refractivity contribution < 1.29 is 9.59 Å². The summed E-state index contributed by atoms with van der Waals surface area (Å²) in [5.41, 5.74) is 5.46. The standard InChI is InChI=1S/C18H35N3O2/c1-2-3-4-5-7-12-17(22)21-15-10-11-16(21)18(23)20-14-9-6-8-13-19/h16H,2-15,19H2,1H3,(H,20,23)/t16-/m0/s1. The smallest absolute Gasteiger partial charge is 0.242 e. The minimum absolute atomic E-state index is 0.0228. The van der Waals surface area contributed by atoms with Gasteiger partial charge >= 0.3 is 0 Å². The Kier molecular flexibility index (Phi) is 10.7. The zero-order valence-electron chi connectivity index (χ0n) is 14.8. The van der Waals surface area contributed by atoms with Crippen LogP contribution in [0.25, 0.3) is 0 Å². The molecule has 1 fully saturated rings. The number of amides is 2. The molecule has 0 aromatic rings. The third kappa shape index (κ3) is 7.82. The van der Waals surface area contributed by atoms with Crippen molar-refractivity contribution in [2.24, 2.45) is 5.73 Å². The first-order chi connectivity index (χ1) is 11.2. The molecule has 0 aromatic heterocycles. The zero-order valence-corrected chi connectivity index (χ0v) is 14.8. The molecule has 0 spiro atoms. The van der Waals surface area contributed by atoms with E-state index < -0.39 is 0 Å². The Balaban J connectivity index is 2.25. The van der Waals surface area contributed by atoms with Crippen LogP contribution in [0, 0.1) is 0 Å². The fraction of sp³-hybridized carbons (Fsp3) is 0.889. The molecule has 134 valence electrons. The first kappa shape index (κ1) is 19.9. The number of rotatable bonds is 12. The lowest BCUT2D eigenvalue weighted by molar-refractivity contribution is -0.138. The molecule has 0 bridgehead atoms. The molecule has 23 heavy (non-hydrogen) atoms. The summed E-state index contributed by atoms with van der Waals surface area (Å²) in [6, 6.07) is -0.243. The number of hydrogen-bond acceptors (Lipinski definition) is 3. The van der Waals surface area contributed by atoms with Crippen molar-refractivity contribution in [2.75, 3.05) is 19.6 Å². The lowest BCUT2D eigenvalue weighted by Crippen LogP contribution is -2.46. The first-order valence-corrected chi connectivity index (χ1v) is 9.48. The van der Waals surface area contributed by atoms with Gasteiger partial charge in [0.15, 0.2) is 0 Å². The number of nitrogens with one attached hydrogen (secondary N) is 1. The Hall–Kier alpha value is -1.10. The van der Waals surface area contributed by atoms with Gasteiger partial charge in [0.2, 0.25) is 11.8 Å². The van der Waals surface area contributed by atoms with E-state index in [1.165, 1.54) is 19.3 Å². The molecule has 1 aliphatic rings. The van der Waals surface area contributed by atoms with E-state index in [1.54, 1.807) is 4.90 Å². The van der Waals surface area contributed by atoms with Crippen LogP contribution < -0.4 is 11.1 Å². The van der Waals surface area contributed by atoms with Crippen molar-refractivity contribution >= 4 is 11.8 Å². The van der Waals surface area contributed by atoms with E-state index in [9.17, 15) is 9.59 Å². The highest BCUT2D eigenvalue weighted by molar-refractivity contribution is 5.88. The summed E-state index contributed by atoms with van der Waals surface area (Å²) in [5.74, 6) is 0.178. The summed E-state index contributed by atoms with van der Waals surface area (Å²) in [7, 11) is 0. The Labute approximate surface area is 141 Å². The third-order valence-electron chi connectivity index (χ3n) is 4.55. The normalized spacial score (nSPS) is 17.5. The molecule has 5 heteroatoms. The van der Waals surface area contributed by atoms with Crippen LogP contribution in [-0.4, -0.2) is 42.4 Å². The Morgan fingerprint density at radius 3 is 2.57 bits per heavy atom. The second kappa shape index (κ2) is 12.3. The van der Waals surface area contributed by atoms with Crippen LogP contribution in [0.4, 0.5) is 0 Å². The largest absolute Gasteiger partial charge is 0.354 e. The van der Waals surface area contributed by atoms with Gasteiger partial charge in [0.25, 0.3) is 0 Å². The first-order valence-electron chi connectivity index (χ1n) is 9.48. The number of likely N-dealkylation sites (tertiary alicyclic amines) is 1. The SMILES string of the molecule is CCCCCCCC(=O)N1CCC[C@H]1C(=O)NCCCCCN. The van der Waals surface area contributed by atoms with E-state index in [1.807, 2.05) is 0 Å². The van der Waals surface area contributed by atoms with Crippen molar-refractivity contribution in [2.45, 2.75) is 83.6 Å². The van der Waals surface area contributed by atoms with Crippen molar-refractivity contribution in [1.29, 1.82) is 0 Å². The van der Waals surface area contributed by atoms with Crippen molar-refractivity contribution in [1.82, 2.24) is 10.2 Å². The number of nitrogens with zero attached hydrogens (tertiary/aromatic N) is 1. The van der Waals surface area contributed by atoms with Crippen LogP contribution in [0.5, 0.6) is 0 Å². The van der Waals surface area contributed by atoms with Crippen molar-refractivity contribution in [3.05, 3.63) is 0 Å². The zero-order chi connectivity index (χ0) is 16.9. The molecule has 1 heterocycles. The molecule has 1 aliphatic heterocycles. The van der Waals surface area contributed by atoms with Crippen LogP contribution in [0.3, 0.4) is 0 Å². The molecule has 0 aromatic carbocycles. The van der Waals surface area contributed by atoms with Gasteiger partial charge in [0.1, 0.15) is 6.04 Å². The lowest BCUT2D eigenvalue weighted by Gasteiger charge is -2.24. The highest BCUT2D eigenvalue weighted by Gasteiger charge is 2.33. The second-order valence-corrected chi connectivity index (χ2v) is 6.55. The number of unbranched alkanes of at least 4 members (excludes halogenated alkanes) is 6. The van der Waals surface area contributed by atoms with E-state index in [2.05, 4.69) is 12.2 Å². The Morgan fingerprint density at radius 2 is 1.83 bits per heavy atom. The molecule has 0 aliphatic carbocycles. The Bertz CT molecular complexity index is 315. The van der Waals surface area contributed by atoms with Gasteiger partial charge in [-0.2, -0.15) is 0 Å². The van der Waals surface area contributed by atoms with Crippen molar-refractivity contribution in [3.8, 4) is 0 Å². The van der Waals surface area contributed by atoms with Gasteiger partial charge in [-0.3, -0.25) is 9.59 Å². The maximum absolute atomic E-state index is 12.3. The van der Waals surface area contributed by atoms with Crippen LogP contribution in [0.1, 0.15) is 77.6 Å². The van der Waals surface area contributed by atoms with Crippen molar-refractivity contribution in [3.63, 3.8) is 0 Å². The monoisotopic (exact) mass is 325 g/mol. The van der Waals surface area contributed by atoms with E-state index in [0.29, 0.717) is 19.5 Å². The lowest BCUT2D eigenvalue weighted by atomic mass is 10.1. The molecule has 1 atom stereocenters. The maximum Gasteiger partial charge on any atom is 0.242 e. The summed E-state index contributed by atoms with van der Waals surface area (Å²) in [4.78, 5) is 26.4. The molecule has 5 nitrogen and oxygen atoms in total. The average Bonchev–Trinajstić information content (AvgIpc) is 3.04. The molecular formula is C18H35N3O2. The topological polar surface area (TPSA) is 75.4 Å². The molecule has 1 rings (SSSR count). The summed E-state index contributed by atoms with van der Waals surface area (Å²) in [5, 5.41) is 2.98. The van der Waals surface area contributed by atoms with Crippen LogP contribution >= 0.6 is 0 Å². The van der Waals surface area contributed by atoms with Crippen LogP contribution in [-0.2, 0) is 9.59 Å². The van der Waals surface area contributed by atoms with E-state index in [-0.39, 0.29) is 17.9 Å². The third-order valence-corrected chi connectivity index (χ3v) is 4.55. The van der Waals surface area contributed by atoms with Gasteiger partial charge in [0, 0.05) is 19.5 Å². The fourth-order valence-corrected chi connectivity index (χ4v) is 3.14. The van der Waals surface area contributed by atoms with E-state index >= 15 is 0 Å². The van der Waals surface area contributed by atoms with Crippen LogP contribution in [0.2, 0.25) is 0 Å². The van der Waals surface area contributed by atoms with Gasteiger partial charge < -0.3 is 16.0 Å². The summed E-state index contributed by atoms with van der Waals surface area (Å²) >= 11 is 0. The molecule has 2 amide bonds. The molecular weight excluding hydrogens is 290 g/mol. The highest BCUT2D eigenvalue weighted by Crippen LogP contribution is 2.19. The molecule has 3 N–H and O–H groups in total. The molecule has 0 saturated carbocycles. The number of nitrogens with two attached hydrogens (primary N) is 1. The van der Waals surface area contributed by atoms with E-state index in [4.69, 9.17) is 5.73 Å². The predicted molar refractivity (Wildman–Crippen MR) is 94.0 cm³/mol. The quantitative estimate of drug-likeness (QED) is 0.542. The van der Waals surface area contributed by atoms with Gasteiger partial charge in [-0.25, -0.2) is 0 Å². The Morgan fingerprint density at radius 1 is 1.09 bits per heavy atom. The minimum atomic E-state index is -0.243. The summed E-state index contributed by atoms with van der Waals surface area (Å²) in [6.07, 6.45) is 11.1. The number of carbonyl (C=O) groups excluding carboxylic acids is 2. The molecule has 0 radical (unpaired) electrons. The van der Waals surface area contributed by atoms with Gasteiger partial charge in [-0.05, 0) is 38.6 Å². The summed E-state index contributed by atoms with van der Waals surface area (Å²) in [6.45, 7) is 4.32. The molecule has 0 unspecified atom stereocenters. The maximum atomic E-state index is 12.3. The summed E-state index contributed by atoms with van der Waals surface area (Å²) < 4.78 is 0. The second-order valence-electron chi connectivity index (χ2n) is 6.55. The predicted octanol–water partition coefficient (Wildman–Crippen LogP) is 2.58. The van der Waals surface area contributed by atoms with Gasteiger partial charge in [-0.15, -0.1) is 0 Å². The van der Waals surface area contributed by atoms with Gasteiger partial charge in [-0.1, -0.05) is 39.0 Å². The minimum Gasteiger partial charge on any atom is -0.354 e. The van der Waals surface area contributed by atoms with Crippen LogP contribution in [0.15, 0.2) is 0 Å². The average molecular weight is 325 g/mol. The molecule has 1 saturated heterocycles. The highest BCUT2D eigenvalue weighted by atomic mass is 16.2.